The van der Waals surface area contributed by atoms with Crippen molar-refractivity contribution >= 4 is 46.5 Å². The molecule has 1 heterocycles. The van der Waals surface area contributed by atoms with Crippen LogP contribution in [0.3, 0.4) is 0 Å². The zero-order valence-corrected chi connectivity index (χ0v) is 23.1. The molecule has 0 fully saturated rings. The van der Waals surface area contributed by atoms with E-state index in [0.29, 0.717) is 23.7 Å². The highest BCUT2D eigenvalue weighted by Crippen LogP contribution is 2.27. The minimum absolute atomic E-state index is 0.119. The van der Waals surface area contributed by atoms with Crippen LogP contribution in [0.4, 0.5) is 16.2 Å². The van der Waals surface area contributed by atoms with Crippen molar-refractivity contribution in [3.05, 3.63) is 75.5 Å². The molecule has 0 bridgehead atoms. The van der Waals surface area contributed by atoms with Crippen molar-refractivity contribution in [2.75, 3.05) is 24.8 Å². The molecule has 2 aromatic carbocycles. The van der Waals surface area contributed by atoms with Gasteiger partial charge in [0.2, 0.25) is 11.8 Å². The molecule has 11 heteroatoms. The van der Waals surface area contributed by atoms with Crippen LogP contribution in [0.1, 0.15) is 27.8 Å². The van der Waals surface area contributed by atoms with Crippen LogP contribution < -0.4 is 20.7 Å². The van der Waals surface area contributed by atoms with Crippen molar-refractivity contribution in [2.24, 2.45) is 0 Å². The Morgan fingerprint density at radius 1 is 1.00 bits per heavy atom. The molecule has 0 spiro atoms. The number of carboxylic acid groups (broad SMARTS) is 1. The monoisotopic (exact) mass is 552 g/mol. The van der Waals surface area contributed by atoms with E-state index in [4.69, 9.17) is 4.74 Å². The van der Waals surface area contributed by atoms with Crippen LogP contribution in [0.25, 0.3) is 0 Å². The zero-order chi connectivity index (χ0) is 28.5. The molecule has 1 unspecified atom stereocenters. The van der Waals surface area contributed by atoms with E-state index < -0.39 is 23.9 Å². The third kappa shape index (κ3) is 8.57. The number of carbonyl (C=O) groups excluding carboxylic acids is 3. The van der Waals surface area contributed by atoms with E-state index in [1.807, 2.05) is 43.3 Å². The molecule has 39 heavy (non-hydrogen) atoms. The summed E-state index contributed by atoms with van der Waals surface area (Å²) < 4.78 is 5.44. The Hall–Kier alpha value is -4.38. The van der Waals surface area contributed by atoms with E-state index in [1.54, 1.807) is 30.1 Å². The van der Waals surface area contributed by atoms with Crippen LogP contribution in [-0.2, 0) is 33.8 Å². The zero-order valence-electron chi connectivity index (χ0n) is 22.2. The molecule has 0 radical (unpaired) electrons. The first-order valence-electron chi connectivity index (χ1n) is 12.2. The first kappa shape index (κ1) is 29.2. The second kappa shape index (κ2) is 13.4. The van der Waals surface area contributed by atoms with Crippen LogP contribution in [0.15, 0.2) is 54.6 Å². The number of carboxylic acids is 1. The van der Waals surface area contributed by atoms with Gasteiger partial charge in [0.15, 0.2) is 0 Å². The van der Waals surface area contributed by atoms with E-state index in [-0.39, 0.29) is 18.7 Å². The average molecular weight is 553 g/mol. The molecule has 206 valence electrons. The molecule has 0 aliphatic heterocycles. The molecule has 3 aromatic rings. The number of carbonyl (C=O) groups is 4. The SMILES string of the molecule is COc1cc(CC(=O)N(C)Cc2ccc(CC(NC(C)=O)C(=O)O)s2)ccc1NC(=O)Nc1ccccc1C. The van der Waals surface area contributed by atoms with Gasteiger partial charge in [0.05, 0.1) is 25.8 Å². The average Bonchev–Trinajstić information content (AvgIpc) is 3.32. The van der Waals surface area contributed by atoms with Gasteiger partial charge in [-0.15, -0.1) is 11.3 Å². The molecule has 1 atom stereocenters. The lowest BCUT2D eigenvalue weighted by atomic mass is 10.1. The highest BCUT2D eigenvalue weighted by Gasteiger charge is 2.20. The first-order chi connectivity index (χ1) is 18.5. The number of aryl methyl sites for hydroxylation is 1. The molecule has 4 amide bonds. The summed E-state index contributed by atoms with van der Waals surface area (Å²) in [5.74, 6) is -1.20. The molecule has 0 saturated carbocycles. The Morgan fingerprint density at radius 3 is 2.36 bits per heavy atom. The minimum Gasteiger partial charge on any atom is -0.495 e. The van der Waals surface area contributed by atoms with E-state index in [9.17, 15) is 24.3 Å². The summed E-state index contributed by atoms with van der Waals surface area (Å²) >= 11 is 1.40. The number of para-hydroxylation sites is 1. The van der Waals surface area contributed by atoms with E-state index in [2.05, 4.69) is 16.0 Å². The van der Waals surface area contributed by atoms with Crippen molar-refractivity contribution in [2.45, 2.75) is 39.3 Å². The van der Waals surface area contributed by atoms with Crippen molar-refractivity contribution in [3.8, 4) is 5.75 Å². The van der Waals surface area contributed by atoms with Crippen LogP contribution in [0, 0.1) is 6.92 Å². The smallest absolute Gasteiger partial charge is 0.326 e. The summed E-state index contributed by atoms with van der Waals surface area (Å²) in [6, 6.07) is 14.9. The standard InChI is InChI=1S/C28H32N4O6S/c1-17-7-5-6-8-22(17)30-28(37)31-23-12-9-19(13-25(23)38-4)14-26(34)32(3)16-21-11-10-20(39-21)15-24(27(35)36)29-18(2)33/h5-13,24H,14-16H2,1-4H3,(H,29,33)(H,35,36)(H2,30,31,37). The van der Waals surface area contributed by atoms with Crippen molar-refractivity contribution in [1.82, 2.24) is 10.2 Å². The summed E-state index contributed by atoms with van der Waals surface area (Å²) in [4.78, 5) is 51.3. The van der Waals surface area contributed by atoms with E-state index in [0.717, 1.165) is 20.9 Å². The third-order valence-electron chi connectivity index (χ3n) is 5.88. The Labute approximate surface area is 231 Å². The van der Waals surface area contributed by atoms with Crippen LogP contribution >= 0.6 is 11.3 Å². The van der Waals surface area contributed by atoms with Crippen LogP contribution in [0.2, 0.25) is 0 Å². The number of likely N-dealkylation sites (N-methyl/N-ethyl adjacent to an activating group) is 1. The molecule has 10 nitrogen and oxygen atoms in total. The van der Waals surface area contributed by atoms with Crippen LogP contribution in [0.5, 0.6) is 5.75 Å². The fourth-order valence-corrected chi connectivity index (χ4v) is 4.95. The normalized spacial score (nSPS) is 11.3. The maximum atomic E-state index is 12.9. The van der Waals surface area contributed by atoms with Crippen molar-refractivity contribution in [3.63, 3.8) is 0 Å². The number of thiophene rings is 1. The number of nitrogens with one attached hydrogen (secondary N) is 3. The van der Waals surface area contributed by atoms with Gasteiger partial charge in [-0.1, -0.05) is 24.3 Å². The summed E-state index contributed by atoms with van der Waals surface area (Å²) in [5.41, 5.74) is 2.83. The second-order valence-corrected chi connectivity index (χ2v) is 10.3. The van der Waals surface area contributed by atoms with Gasteiger partial charge >= 0.3 is 12.0 Å². The molecule has 3 rings (SSSR count). The molecule has 4 N–H and O–H groups in total. The number of hydrogen-bond donors (Lipinski definition) is 4. The number of nitrogens with zero attached hydrogens (tertiary/aromatic N) is 1. The number of aliphatic carboxylic acids is 1. The maximum Gasteiger partial charge on any atom is 0.326 e. The van der Waals surface area contributed by atoms with Gasteiger partial charge in [-0.05, 0) is 48.4 Å². The number of hydrogen-bond acceptors (Lipinski definition) is 6. The number of amides is 4. The van der Waals surface area contributed by atoms with Gasteiger partial charge < -0.3 is 30.7 Å². The van der Waals surface area contributed by atoms with Crippen molar-refractivity contribution < 1.29 is 29.0 Å². The number of rotatable bonds is 11. The Kier molecular flexibility index (Phi) is 10.0. The van der Waals surface area contributed by atoms with Crippen LogP contribution in [-0.4, -0.2) is 54.0 Å². The topological polar surface area (TPSA) is 137 Å². The predicted octanol–water partition coefficient (Wildman–Crippen LogP) is 4.04. The largest absolute Gasteiger partial charge is 0.495 e. The van der Waals surface area contributed by atoms with Gasteiger partial charge in [0, 0.05) is 35.8 Å². The maximum absolute atomic E-state index is 12.9. The molecule has 0 aliphatic carbocycles. The Morgan fingerprint density at radius 2 is 1.69 bits per heavy atom. The second-order valence-electron chi connectivity index (χ2n) is 9.02. The van der Waals surface area contributed by atoms with Gasteiger partial charge in [0.1, 0.15) is 11.8 Å². The van der Waals surface area contributed by atoms with E-state index >= 15 is 0 Å². The highest BCUT2D eigenvalue weighted by molar-refractivity contribution is 7.12. The first-order valence-corrected chi connectivity index (χ1v) is 13.0. The lowest BCUT2D eigenvalue weighted by molar-refractivity contribution is -0.141. The summed E-state index contributed by atoms with van der Waals surface area (Å²) in [5, 5.41) is 17.3. The van der Waals surface area contributed by atoms with Gasteiger partial charge in [-0.25, -0.2) is 9.59 Å². The lowest BCUT2D eigenvalue weighted by Crippen LogP contribution is -2.40. The van der Waals surface area contributed by atoms with Gasteiger partial charge in [-0.2, -0.15) is 0 Å². The molecule has 1 aromatic heterocycles. The summed E-state index contributed by atoms with van der Waals surface area (Å²) in [7, 11) is 3.19. The Balaban J connectivity index is 1.58. The third-order valence-corrected chi connectivity index (χ3v) is 6.97. The Bertz CT molecular complexity index is 1360. The quantitative estimate of drug-likeness (QED) is 0.283. The molecular weight excluding hydrogens is 520 g/mol. The molecular formula is C28H32N4O6S. The number of methoxy groups -OCH3 is 1. The number of urea groups is 1. The van der Waals surface area contributed by atoms with Crippen molar-refractivity contribution in [1.29, 1.82) is 0 Å². The molecule has 0 saturated heterocycles. The number of anilines is 2. The number of benzene rings is 2. The molecule has 0 aliphatic rings. The summed E-state index contributed by atoms with van der Waals surface area (Å²) in [6.07, 6.45) is 0.296. The fourth-order valence-electron chi connectivity index (χ4n) is 3.83. The fraction of sp³-hybridized carbons (Fsp3) is 0.286. The van der Waals surface area contributed by atoms with E-state index in [1.165, 1.54) is 25.4 Å². The highest BCUT2D eigenvalue weighted by atomic mass is 32.1. The predicted molar refractivity (Wildman–Crippen MR) is 150 cm³/mol. The lowest BCUT2D eigenvalue weighted by Gasteiger charge is -2.17. The van der Waals surface area contributed by atoms with Gasteiger partial charge in [-0.3, -0.25) is 9.59 Å². The summed E-state index contributed by atoms with van der Waals surface area (Å²) in [6.45, 7) is 3.54. The van der Waals surface area contributed by atoms with Gasteiger partial charge in [0.25, 0.3) is 0 Å². The minimum atomic E-state index is -1.10. The number of ether oxygens (including phenoxy) is 1.